The van der Waals surface area contributed by atoms with Gasteiger partial charge in [0.15, 0.2) is 0 Å². The predicted octanol–water partition coefficient (Wildman–Crippen LogP) is 1.37. The minimum absolute atomic E-state index is 0.244. The summed E-state index contributed by atoms with van der Waals surface area (Å²) in [5, 5.41) is 7.15. The van der Waals surface area contributed by atoms with Gasteiger partial charge in [-0.05, 0) is 19.8 Å². The number of nitrogens with two attached hydrogens (primary N) is 1. The van der Waals surface area contributed by atoms with Crippen LogP contribution < -0.4 is 11.3 Å². The van der Waals surface area contributed by atoms with Gasteiger partial charge in [0.05, 0.1) is 11.3 Å². The van der Waals surface area contributed by atoms with Gasteiger partial charge in [0.2, 0.25) is 0 Å². The molecule has 16 heavy (non-hydrogen) atoms. The number of carbonyl (C=O) groups excluding carboxylic acids is 1. The van der Waals surface area contributed by atoms with Crippen molar-refractivity contribution in [3.05, 3.63) is 17.0 Å². The normalized spacial score (nSPS) is 17.4. The first kappa shape index (κ1) is 11.1. The molecule has 1 aliphatic rings. The lowest BCUT2D eigenvalue weighted by molar-refractivity contribution is 0.0951. The topological polar surface area (TPSA) is 83.8 Å². The average Bonchev–Trinajstić information content (AvgIpc) is 2.71. The van der Waals surface area contributed by atoms with Gasteiger partial charge < -0.3 is 0 Å². The quantitative estimate of drug-likeness (QED) is 0.401. The zero-order chi connectivity index (χ0) is 11.5. The zero-order valence-electron chi connectivity index (χ0n) is 9.55. The third kappa shape index (κ3) is 1.95. The Morgan fingerprint density at radius 3 is 2.75 bits per heavy atom. The number of H-pyrrole nitrogens is 1. The fourth-order valence-corrected chi connectivity index (χ4v) is 2.48. The van der Waals surface area contributed by atoms with Crippen molar-refractivity contribution in [1.29, 1.82) is 0 Å². The number of amides is 1. The lowest BCUT2D eigenvalue weighted by atomic mass is 9.85. The second-order valence-corrected chi connectivity index (χ2v) is 4.42. The first-order valence-corrected chi connectivity index (χ1v) is 5.80. The number of aromatic amines is 1. The summed E-state index contributed by atoms with van der Waals surface area (Å²) >= 11 is 0. The Labute approximate surface area is 94.8 Å². The van der Waals surface area contributed by atoms with E-state index in [-0.39, 0.29) is 5.91 Å². The van der Waals surface area contributed by atoms with Gasteiger partial charge in [0, 0.05) is 11.6 Å². The maximum Gasteiger partial charge on any atom is 0.268 e. The molecule has 0 aromatic carbocycles. The van der Waals surface area contributed by atoms with E-state index in [4.69, 9.17) is 5.84 Å². The van der Waals surface area contributed by atoms with Gasteiger partial charge in [-0.25, -0.2) is 5.84 Å². The van der Waals surface area contributed by atoms with E-state index in [9.17, 15) is 4.79 Å². The van der Waals surface area contributed by atoms with Crippen molar-refractivity contribution in [2.75, 3.05) is 0 Å². The highest BCUT2D eigenvalue weighted by atomic mass is 16.2. The van der Waals surface area contributed by atoms with Gasteiger partial charge in [-0.1, -0.05) is 19.3 Å². The second-order valence-electron chi connectivity index (χ2n) is 4.42. The molecular weight excluding hydrogens is 204 g/mol. The monoisotopic (exact) mass is 222 g/mol. The molecule has 0 radical (unpaired) electrons. The number of rotatable bonds is 2. The van der Waals surface area contributed by atoms with Crippen LogP contribution in [0.2, 0.25) is 0 Å². The Kier molecular flexibility index (Phi) is 3.24. The van der Waals surface area contributed by atoms with Crippen LogP contribution in [0, 0.1) is 6.92 Å². The molecule has 1 fully saturated rings. The minimum Gasteiger partial charge on any atom is -0.290 e. The van der Waals surface area contributed by atoms with E-state index in [1.54, 1.807) is 0 Å². The summed E-state index contributed by atoms with van der Waals surface area (Å²) in [6.45, 7) is 1.85. The van der Waals surface area contributed by atoms with Crippen LogP contribution in [0.15, 0.2) is 0 Å². The Hall–Kier alpha value is -1.36. The van der Waals surface area contributed by atoms with E-state index in [0.717, 1.165) is 24.2 Å². The highest BCUT2D eigenvalue weighted by Crippen LogP contribution is 2.33. The number of nitrogens with one attached hydrogen (secondary N) is 2. The van der Waals surface area contributed by atoms with Gasteiger partial charge in [-0.3, -0.25) is 15.3 Å². The molecule has 1 aliphatic carbocycles. The van der Waals surface area contributed by atoms with Crippen molar-refractivity contribution in [3.63, 3.8) is 0 Å². The molecular formula is C11H18N4O. The predicted molar refractivity (Wildman–Crippen MR) is 60.8 cm³/mol. The van der Waals surface area contributed by atoms with Gasteiger partial charge in [-0.2, -0.15) is 5.10 Å². The Morgan fingerprint density at radius 1 is 1.44 bits per heavy atom. The van der Waals surface area contributed by atoms with E-state index >= 15 is 0 Å². The summed E-state index contributed by atoms with van der Waals surface area (Å²) in [4.78, 5) is 11.7. The molecule has 0 spiro atoms. The van der Waals surface area contributed by atoms with Crippen molar-refractivity contribution in [2.24, 2.45) is 5.84 Å². The number of nitrogen functional groups attached to an aromatic ring is 1. The third-order valence-corrected chi connectivity index (χ3v) is 3.33. The summed E-state index contributed by atoms with van der Waals surface area (Å²) in [7, 11) is 0. The molecule has 0 atom stereocenters. The number of nitrogens with zero attached hydrogens (tertiary/aromatic N) is 1. The Balaban J connectivity index is 2.29. The molecule has 1 heterocycles. The van der Waals surface area contributed by atoms with Crippen molar-refractivity contribution < 1.29 is 4.79 Å². The van der Waals surface area contributed by atoms with E-state index in [0.29, 0.717) is 11.5 Å². The lowest BCUT2D eigenvalue weighted by Gasteiger charge is -2.20. The van der Waals surface area contributed by atoms with Crippen molar-refractivity contribution in [3.8, 4) is 0 Å². The molecule has 0 bridgehead atoms. The van der Waals surface area contributed by atoms with E-state index in [1.807, 2.05) is 6.92 Å². The molecule has 5 nitrogen and oxygen atoms in total. The van der Waals surface area contributed by atoms with Crippen LogP contribution in [0.25, 0.3) is 0 Å². The first-order valence-electron chi connectivity index (χ1n) is 5.80. The van der Waals surface area contributed by atoms with Crippen molar-refractivity contribution >= 4 is 5.91 Å². The molecule has 88 valence electrons. The molecule has 1 aromatic rings. The van der Waals surface area contributed by atoms with Gasteiger partial charge in [-0.15, -0.1) is 0 Å². The molecule has 5 heteroatoms. The number of aryl methyl sites for hydroxylation is 1. The van der Waals surface area contributed by atoms with Gasteiger partial charge >= 0.3 is 0 Å². The molecule has 1 aromatic heterocycles. The summed E-state index contributed by atoms with van der Waals surface area (Å²) in [6, 6.07) is 0. The highest BCUT2D eigenvalue weighted by molar-refractivity contribution is 5.96. The first-order chi connectivity index (χ1) is 7.74. The summed E-state index contributed by atoms with van der Waals surface area (Å²) in [5.41, 5.74) is 4.51. The largest absolute Gasteiger partial charge is 0.290 e. The molecule has 1 amide bonds. The van der Waals surface area contributed by atoms with Crippen LogP contribution in [0.1, 0.15) is 59.8 Å². The SMILES string of the molecule is Cc1[nH]nc(C2CCCCC2)c1C(=O)NN. The second kappa shape index (κ2) is 4.65. The molecule has 0 aliphatic heterocycles. The Morgan fingerprint density at radius 2 is 2.12 bits per heavy atom. The molecule has 0 saturated heterocycles. The number of hydrazine groups is 1. The summed E-state index contributed by atoms with van der Waals surface area (Å²) in [5.74, 6) is 5.35. The van der Waals surface area contributed by atoms with Crippen molar-refractivity contribution in [2.45, 2.75) is 44.9 Å². The smallest absolute Gasteiger partial charge is 0.268 e. The van der Waals surface area contributed by atoms with Crippen molar-refractivity contribution in [1.82, 2.24) is 15.6 Å². The molecule has 1 saturated carbocycles. The molecule has 0 unspecified atom stereocenters. The number of hydrogen-bond donors (Lipinski definition) is 3. The number of carbonyl (C=O) groups is 1. The van der Waals surface area contributed by atoms with E-state index in [2.05, 4.69) is 15.6 Å². The fraction of sp³-hybridized carbons (Fsp3) is 0.636. The van der Waals surface area contributed by atoms with E-state index in [1.165, 1.54) is 19.3 Å². The maximum atomic E-state index is 11.7. The van der Waals surface area contributed by atoms with E-state index < -0.39 is 0 Å². The number of hydrogen-bond acceptors (Lipinski definition) is 3. The third-order valence-electron chi connectivity index (χ3n) is 3.33. The lowest BCUT2D eigenvalue weighted by Crippen LogP contribution is -2.31. The number of aromatic nitrogens is 2. The van der Waals surface area contributed by atoms with Crippen LogP contribution >= 0.6 is 0 Å². The maximum absolute atomic E-state index is 11.7. The average molecular weight is 222 g/mol. The van der Waals surface area contributed by atoms with Crippen LogP contribution in [0.3, 0.4) is 0 Å². The Bertz CT molecular complexity index is 379. The molecule has 2 rings (SSSR count). The summed E-state index contributed by atoms with van der Waals surface area (Å²) in [6.07, 6.45) is 5.98. The van der Waals surface area contributed by atoms with Crippen LogP contribution in [0.4, 0.5) is 0 Å². The zero-order valence-corrected chi connectivity index (χ0v) is 9.55. The van der Waals surface area contributed by atoms with Gasteiger partial charge in [0.1, 0.15) is 0 Å². The van der Waals surface area contributed by atoms with Crippen LogP contribution in [-0.2, 0) is 0 Å². The van der Waals surface area contributed by atoms with Gasteiger partial charge in [0.25, 0.3) is 5.91 Å². The summed E-state index contributed by atoms with van der Waals surface area (Å²) < 4.78 is 0. The standard InChI is InChI=1S/C11H18N4O/c1-7-9(11(16)13-12)10(15-14-7)8-5-3-2-4-6-8/h8H,2-6,12H2,1H3,(H,13,16)(H,14,15). The molecule has 4 N–H and O–H groups in total. The fourth-order valence-electron chi connectivity index (χ4n) is 2.48. The highest BCUT2D eigenvalue weighted by Gasteiger charge is 2.25. The minimum atomic E-state index is -0.244. The van der Waals surface area contributed by atoms with Crippen LogP contribution in [-0.4, -0.2) is 16.1 Å². The van der Waals surface area contributed by atoms with Crippen LogP contribution in [0.5, 0.6) is 0 Å².